The molecule has 0 saturated carbocycles. The van der Waals surface area contributed by atoms with Crippen LogP contribution in [-0.4, -0.2) is 31.4 Å². The number of amidine groups is 1. The van der Waals surface area contributed by atoms with E-state index < -0.39 is 0 Å². The largest absolute Gasteiger partial charge is 0.337 e. The number of fused-ring (bicyclic) bond motifs is 1. The summed E-state index contributed by atoms with van der Waals surface area (Å²) in [7, 11) is 0. The van der Waals surface area contributed by atoms with Gasteiger partial charge in [0.2, 0.25) is 0 Å². The summed E-state index contributed by atoms with van der Waals surface area (Å²) in [5, 5.41) is 1.17. The number of aliphatic imine (C=N–C) groups is 1. The Bertz CT molecular complexity index is 993. The topological polar surface area (TPSA) is 33.4 Å². The van der Waals surface area contributed by atoms with Crippen LogP contribution in [0.4, 0.5) is 0 Å². The molecule has 0 spiro atoms. The van der Waals surface area contributed by atoms with Crippen LogP contribution >= 0.6 is 11.8 Å². The molecule has 5 heteroatoms. The predicted octanol–water partition coefficient (Wildman–Crippen LogP) is 5.16. The second kappa shape index (κ2) is 7.13. The number of aromatic nitrogens is 2. The van der Waals surface area contributed by atoms with E-state index >= 15 is 0 Å². The number of aryl methyl sites for hydroxylation is 1. The van der Waals surface area contributed by atoms with Crippen LogP contribution in [0.1, 0.15) is 42.4 Å². The van der Waals surface area contributed by atoms with E-state index in [0.717, 1.165) is 17.9 Å². The lowest BCUT2D eigenvalue weighted by Crippen LogP contribution is -2.36. The molecular formula is C23H24N4S. The molecular weight excluding hydrogens is 364 g/mol. The average molecular weight is 389 g/mol. The van der Waals surface area contributed by atoms with E-state index in [1.165, 1.54) is 22.1 Å². The van der Waals surface area contributed by atoms with Crippen LogP contribution in [0.25, 0.3) is 5.69 Å². The summed E-state index contributed by atoms with van der Waals surface area (Å²) >= 11 is 1.89. The molecule has 4 heterocycles. The van der Waals surface area contributed by atoms with Gasteiger partial charge in [-0.25, -0.2) is 0 Å². The average Bonchev–Trinajstić information content (AvgIpc) is 3.44. The van der Waals surface area contributed by atoms with Gasteiger partial charge in [0.25, 0.3) is 0 Å². The van der Waals surface area contributed by atoms with Crippen molar-refractivity contribution < 1.29 is 0 Å². The second-order valence-electron chi connectivity index (χ2n) is 7.47. The number of hydrogen-bond donors (Lipinski definition) is 0. The van der Waals surface area contributed by atoms with Crippen molar-refractivity contribution in [1.29, 1.82) is 0 Å². The van der Waals surface area contributed by atoms with Gasteiger partial charge in [0.1, 0.15) is 12.1 Å². The molecule has 0 unspecified atom stereocenters. The van der Waals surface area contributed by atoms with Gasteiger partial charge in [-0.3, -0.25) is 9.98 Å². The van der Waals surface area contributed by atoms with Crippen molar-refractivity contribution in [2.45, 2.75) is 38.4 Å². The molecule has 3 atom stereocenters. The van der Waals surface area contributed by atoms with Crippen LogP contribution in [0.15, 0.2) is 72.0 Å². The normalized spacial score (nSPS) is 23.7. The lowest BCUT2D eigenvalue weighted by Gasteiger charge is -2.32. The molecule has 3 aromatic rings. The molecule has 1 saturated heterocycles. The Hall–Kier alpha value is -2.53. The fourth-order valence-corrected chi connectivity index (χ4v) is 5.58. The van der Waals surface area contributed by atoms with Crippen LogP contribution in [-0.2, 0) is 0 Å². The SMILES string of the molecule is CC[C@@H]1CSC2=N[C@H](c3ccccn3)[C@@H](c3cccn3-c3ccc(C)cc3)N21. The summed E-state index contributed by atoms with van der Waals surface area (Å²) in [6, 6.07) is 20.0. The van der Waals surface area contributed by atoms with Crippen LogP contribution in [0.3, 0.4) is 0 Å². The molecule has 0 radical (unpaired) electrons. The zero-order valence-electron chi connectivity index (χ0n) is 16.2. The number of rotatable bonds is 4. The van der Waals surface area contributed by atoms with E-state index in [4.69, 9.17) is 4.99 Å². The van der Waals surface area contributed by atoms with E-state index in [1.807, 2.05) is 24.0 Å². The summed E-state index contributed by atoms with van der Waals surface area (Å²) in [6.07, 6.45) is 5.17. The highest BCUT2D eigenvalue weighted by Crippen LogP contribution is 2.48. The van der Waals surface area contributed by atoms with Crippen molar-refractivity contribution in [3.63, 3.8) is 0 Å². The van der Waals surface area contributed by atoms with Crippen molar-refractivity contribution in [2.75, 3.05) is 5.75 Å². The number of pyridine rings is 1. The van der Waals surface area contributed by atoms with Gasteiger partial charge in [-0.15, -0.1) is 0 Å². The van der Waals surface area contributed by atoms with E-state index in [2.05, 4.69) is 83.0 Å². The van der Waals surface area contributed by atoms with Gasteiger partial charge in [0.05, 0.1) is 5.69 Å². The predicted molar refractivity (Wildman–Crippen MR) is 116 cm³/mol. The van der Waals surface area contributed by atoms with Gasteiger partial charge in [-0.2, -0.15) is 0 Å². The first-order valence-electron chi connectivity index (χ1n) is 9.90. The molecule has 4 nitrogen and oxygen atoms in total. The Balaban J connectivity index is 1.62. The number of benzene rings is 1. The van der Waals surface area contributed by atoms with Crippen molar-refractivity contribution in [3.05, 3.63) is 83.9 Å². The van der Waals surface area contributed by atoms with Crippen LogP contribution < -0.4 is 0 Å². The molecule has 5 rings (SSSR count). The smallest absolute Gasteiger partial charge is 0.160 e. The van der Waals surface area contributed by atoms with Crippen molar-refractivity contribution in [3.8, 4) is 5.69 Å². The summed E-state index contributed by atoms with van der Waals surface area (Å²) < 4.78 is 2.31. The van der Waals surface area contributed by atoms with Gasteiger partial charge in [-0.1, -0.05) is 42.4 Å². The van der Waals surface area contributed by atoms with Crippen LogP contribution in [0, 0.1) is 6.92 Å². The maximum atomic E-state index is 5.13. The lowest BCUT2D eigenvalue weighted by atomic mass is 9.99. The first-order valence-corrected chi connectivity index (χ1v) is 10.9. The molecule has 1 fully saturated rings. The summed E-state index contributed by atoms with van der Waals surface area (Å²) in [4.78, 5) is 12.3. The maximum absolute atomic E-state index is 5.13. The first-order chi connectivity index (χ1) is 13.8. The zero-order valence-corrected chi connectivity index (χ0v) is 17.0. The Morgan fingerprint density at radius 1 is 1.07 bits per heavy atom. The first kappa shape index (κ1) is 17.6. The van der Waals surface area contributed by atoms with E-state index in [9.17, 15) is 0 Å². The molecule has 0 bridgehead atoms. The number of thioether (sulfide) groups is 1. The second-order valence-corrected chi connectivity index (χ2v) is 8.46. The summed E-state index contributed by atoms with van der Waals surface area (Å²) in [5.74, 6) is 1.12. The third-order valence-corrected chi connectivity index (χ3v) is 6.85. The third-order valence-electron chi connectivity index (χ3n) is 5.72. The minimum absolute atomic E-state index is 0.0251. The standard InChI is InChI=1S/C23H24N4S/c1-3-17-15-28-23-25-21(19-7-4-5-13-24-19)22(27(17)23)20-8-6-14-26(20)18-11-9-16(2)10-12-18/h4-14,17,21-22H,3,15H2,1-2H3/t17-,21-,22-/m1/s1. The van der Waals surface area contributed by atoms with Gasteiger partial charge in [0.15, 0.2) is 5.17 Å². The Morgan fingerprint density at radius 2 is 1.93 bits per heavy atom. The molecule has 0 N–H and O–H groups in total. The third kappa shape index (κ3) is 2.85. The fraction of sp³-hybridized carbons (Fsp3) is 0.304. The highest BCUT2D eigenvalue weighted by atomic mass is 32.2. The van der Waals surface area contributed by atoms with Crippen molar-refractivity contribution in [1.82, 2.24) is 14.5 Å². The molecule has 28 heavy (non-hydrogen) atoms. The summed E-state index contributed by atoms with van der Waals surface area (Å²) in [5.41, 5.74) is 4.79. The van der Waals surface area contributed by atoms with Gasteiger partial charge < -0.3 is 9.47 Å². The van der Waals surface area contributed by atoms with E-state index in [-0.39, 0.29) is 12.1 Å². The number of nitrogens with zero attached hydrogens (tertiary/aromatic N) is 4. The Labute approximate surface area is 170 Å². The minimum Gasteiger partial charge on any atom is -0.337 e. The molecule has 142 valence electrons. The molecule has 2 aromatic heterocycles. The van der Waals surface area contributed by atoms with Crippen molar-refractivity contribution >= 4 is 16.9 Å². The molecule has 0 aliphatic carbocycles. The Morgan fingerprint density at radius 3 is 2.68 bits per heavy atom. The zero-order chi connectivity index (χ0) is 19.1. The minimum atomic E-state index is 0.0251. The monoisotopic (exact) mass is 388 g/mol. The molecule has 0 amide bonds. The van der Waals surface area contributed by atoms with Crippen molar-refractivity contribution in [2.24, 2.45) is 4.99 Å². The summed E-state index contributed by atoms with van der Waals surface area (Å²) in [6.45, 7) is 4.40. The van der Waals surface area contributed by atoms with Gasteiger partial charge >= 0.3 is 0 Å². The van der Waals surface area contributed by atoms with Crippen LogP contribution in [0.5, 0.6) is 0 Å². The highest BCUT2D eigenvalue weighted by Gasteiger charge is 2.46. The van der Waals surface area contributed by atoms with Gasteiger partial charge in [-0.05, 0) is 49.7 Å². The highest BCUT2D eigenvalue weighted by molar-refractivity contribution is 8.14. The number of hydrogen-bond acceptors (Lipinski definition) is 4. The molecule has 2 aliphatic rings. The molecule has 2 aliphatic heterocycles. The van der Waals surface area contributed by atoms with E-state index in [0.29, 0.717) is 6.04 Å². The quantitative estimate of drug-likeness (QED) is 0.619. The lowest BCUT2D eigenvalue weighted by molar-refractivity contribution is 0.249. The maximum Gasteiger partial charge on any atom is 0.160 e. The fourth-order valence-electron chi connectivity index (χ4n) is 4.25. The van der Waals surface area contributed by atoms with Crippen LogP contribution in [0.2, 0.25) is 0 Å². The van der Waals surface area contributed by atoms with Gasteiger partial charge in [0, 0.05) is 35.6 Å². The molecule has 1 aromatic carbocycles. The van der Waals surface area contributed by atoms with E-state index in [1.54, 1.807) is 0 Å². The Kier molecular flexibility index (Phi) is 4.47.